The summed E-state index contributed by atoms with van der Waals surface area (Å²) in [4.78, 5) is 12.5. The van der Waals surface area contributed by atoms with Gasteiger partial charge >= 0.3 is 0 Å². The lowest BCUT2D eigenvalue weighted by Crippen LogP contribution is -2.23. The third-order valence-corrected chi connectivity index (χ3v) is 4.77. The van der Waals surface area contributed by atoms with Crippen LogP contribution in [0.1, 0.15) is 18.0 Å². The van der Waals surface area contributed by atoms with Gasteiger partial charge in [-0.05, 0) is 12.5 Å². The molecule has 1 aromatic carbocycles. The Labute approximate surface area is 144 Å². The third-order valence-electron chi connectivity index (χ3n) is 4.37. The minimum Gasteiger partial charge on any atom is -0.265 e. The molecule has 0 unspecified atom stereocenters. The molecule has 1 aliphatic carbocycles. The van der Waals surface area contributed by atoms with Crippen LogP contribution < -0.4 is 5.56 Å². The topological polar surface area (TPSA) is 52.7 Å². The second-order valence-corrected chi connectivity index (χ2v) is 6.36. The van der Waals surface area contributed by atoms with Crippen molar-refractivity contribution in [1.29, 1.82) is 0 Å². The molecule has 0 N–H and O–H groups in total. The Morgan fingerprint density at radius 1 is 1.32 bits per heavy atom. The summed E-state index contributed by atoms with van der Waals surface area (Å²) in [7, 11) is 0. The quantitative estimate of drug-likeness (QED) is 0.710. The van der Waals surface area contributed by atoms with E-state index in [9.17, 15) is 18.0 Å². The fraction of sp³-hybridized carbons (Fsp3) is 0.312. The average molecular weight is 369 g/mol. The molecule has 130 valence electrons. The lowest BCUT2D eigenvalue weighted by Gasteiger charge is -2.04. The number of hydrogen-bond donors (Lipinski definition) is 0. The smallest absolute Gasteiger partial charge is 0.265 e. The number of hydrogen-bond acceptors (Lipinski definition) is 3. The van der Waals surface area contributed by atoms with Gasteiger partial charge < -0.3 is 0 Å². The van der Waals surface area contributed by atoms with E-state index in [1.165, 1.54) is 16.9 Å². The maximum Gasteiger partial charge on any atom is 0.295 e. The third kappa shape index (κ3) is 2.70. The molecule has 0 saturated heterocycles. The van der Waals surface area contributed by atoms with Crippen molar-refractivity contribution in [2.24, 2.45) is 5.92 Å². The van der Waals surface area contributed by atoms with E-state index in [0.29, 0.717) is 10.9 Å². The minimum absolute atomic E-state index is 0.0382. The molecule has 0 aliphatic heterocycles. The molecule has 1 saturated carbocycles. The van der Waals surface area contributed by atoms with E-state index < -0.39 is 29.8 Å². The van der Waals surface area contributed by atoms with Gasteiger partial charge in [-0.3, -0.25) is 4.79 Å². The zero-order valence-electron chi connectivity index (χ0n) is 12.7. The van der Waals surface area contributed by atoms with Gasteiger partial charge in [-0.2, -0.15) is 10.2 Å². The maximum atomic E-state index is 13.8. The van der Waals surface area contributed by atoms with Crippen LogP contribution in [0.15, 0.2) is 35.3 Å². The van der Waals surface area contributed by atoms with Crippen LogP contribution in [-0.4, -0.2) is 26.0 Å². The molecule has 25 heavy (non-hydrogen) atoms. The van der Waals surface area contributed by atoms with Crippen molar-refractivity contribution < 1.29 is 13.2 Å². The molecule has 4 rings (SSSR count). The minimum atomic E-state index is -2.49. The first-order chi connectivity index (χ1) is 12.0. The van der Waals surface area contributed by atoms with Crippen LogP contribution in [0.2, 0.25) is 5.15 Å². The normalized spacial score (nSPS) is 19.7. The van der Waals surface area contributed by atoms with E-state index in [2.05, 4.69) is 10.2 Å². The molecule has 1 fully saturated rings. The Balaban J connectivity index is 1.74. The van der Waals surface area contributed by atoms with Crippen molar-refractivity contribution in [2.45, 2.75) is 25.4 Å². The number of halogens is 4. The van der Waals surface area contributed by atoms with E-state index >= 15 is 0 Å². The monoisotopic (exact) mass is 368 g/mol. The van der Waals surface area contributed by atoms with E-state index in [4.69, 9.17) is 11.6 Å². The molecule has 2 heterocycles. The predicted molar refractivity (Wildman–Crippen MR) is 85.4 cm³/mol. The molecule has 0 spiro atoms. The van der Waals surface area contributed by atoms with Gasteiger partial charge in [0.25, 0.3) is 5.56 Å². The van der Waals surface area contributed by atoms with Crippen LogP contribution in [0.25, 0.3) is 10.9 Å². The highest BCUT2D eigenvalue weighted by molar-refractivity contribution is 6.34. The van der Waals surface area contributed by atoms with E-state index in [1.54, 1.807) is 18.2 Å². The van der Waals surface area contributed by atoms with Gasteiger partial charge in [0.05, 0.1) is 24.2 Å². The van der Waals surface area contributed by atoms with Gasteiger partial charge in [0.1, 0.15) is 11.0 Å². The summed E-state index contributed by atoms with van der Waals surface area (Å²) in [6, 6.07) is 5.54. The van der Waals surface area contributed by atoms with Crippen molar-refractivity contribution in [3.8, 4) is 0 Å². The van der Waals surface area contributed by atoms with Crippen molar-refractivity contribution in [1.82, 2.24) is 19.6 Å². The Hall–Kier alpha value is -2.35. The average Bonchev–Trinajstić information content (AvgIpc) is 3.31. The van der Waals surface area contributed by atoms with Gasteiger partial charge in [0.15, 0.2) is 5.52 Å². The largest absolute Gasteiger partial charge is 0.295 e. The summed E-state index contributed by atoms with van der Waals surface area (Å²) in [5.74, 6) is -1.27. The maximum absolute atomic E-state index is 13.8. The SMILES string of the molecule is O=c1c2nn(Cc3ccccc3F)c(Cl)c2cnn1[C@H]1C[C@H]1C(F)F. The standard InChI is InChI=1S/C16H12ClF3N4O/c17-14-10-6-21-24(12-5-9(12)15(19)20)16(25)13(10)22-23(14)7-8-3-1-2-4-11(8)18/h1-4,6,9,12,15H,5,7H2/t9-,12+/m1/s1. The van der Waals surface area contributed by atoms with E-state index in [0.717, 1.165) is 4.68 Å². The molecule has 0 bridgehead atoms. The highest BCUT2D eigenvalue weighted by Gasteiger charge is 2.47. The number of fused-ring (bicyclic) bond motifs is 1. The van der Waals surface area contributed by atoms with Crippen LogP contribution in [0.4, 0.5) is 13.2 Å². The fourth-order valence-corrected chi connectivity index (χ4v) is 3.13. The predicted octanol–water partition coefficient (Wildman–Crippen LogP) is 3.26. The molecule has 9 heteroatoms. The number of rotatable bonds is 4. The zero-order chi connectivity index (χ0) is 17.7. The zero-order valence-corrected chi connectivity index (χ0v) is 13.5. The molecular formula is C16H12ClF3N4O. The van der Waals surface area contributed by atoms with Gasteiger partial charge in [0, 0.05) is 11.5 Å². The van der Waals surface area contributed by atoms with Crippen molar-refractivity contribution in [3.63, 3.8) is 0 Å². The summed E-state index contributed by atoms with van der Waals surface area (Å²) >= 11 is 6.23. The molecule has 0 amide bonds. The van der Waals surface area contributed by atoms with Crippen LogP contribution in [-0.2, 0) is 6.54 Å². The van der Waals surface area contributed by atoms with Crippen molar-refractivity contribution >= 4 is 22.5 Å². The molecule has 1 aliphatic rings. The van der Waals surface area contributed by atoms with Gasteiger partial charge in [-0.25, -0.2) is 22.5 Å². The summed E-state index contributed by atoms with van der Waals surface area (Å²) in [6.07, 6.45) is -0.943. The van der Waals surface area contributed by atoms with Crippen molar-refractivity contribution in [3.05, 3.63) is 57.3 Å². The van der Waals surface area contributed by atoms with Gasteiger partial charge in [-0.15, -0.1) is 0 Å². The molecule has 3 aromatic rings. The Morgan fingerprint density at radius 3 is 2.76 bits per heavy atom. The summed E-state index contributed by atoms with van der Waals surface area (Å²) in [6.45, 7) is 0.0444. The lowest BCUT2D eigenvalue weighted by atomic mass is 10.2. The number of alkyl halides is 2. The molecule has 5 nitrogen and oxygen atoms in total. The van der Waals surface area contributed by atoms with Crippen molar-refractivity contribution in [2.75, 3.05) is 0 Å². The number of nitrogens with zero attached hydrogens (tertiary/aromatic N) is 4. The lowest BCUT2D eigenvalue weighted by molar-refractivity contribution is 0.115. The molecule has 2 aromatic heterocycles. The van der Waals surface area contributed by atoms with Crippen LogP contribution >= 0.6 is 11.6 Å². The number of aromatic nitrogens is 4. The summed E-state index contributed by atoms with van der Waals surface area (Å²) in [5, 5.41) is 8.57. The first-order valence-electron chi connectivity index (χ1n) is 7.62. The fourth-order valence-electron chi connectivity index (χ4n) is 2.89. The van der Waals surface area contributed by atoms with Gasteiger partial charge in [-0.1, -0.05) is 29.8 Å². The van der Waals surface area contributed by atoms with Crippen LogP contribution in [0.5, 0.6) is 0 Å². The van der Waals surface area contributed by atoms with E-state index in [-0.39, 0.29) is 23.6 Å². The second kappa shape index (κ2) is 5.87. The molecule has 0 radical (unpaired) electrons. The Morgan fingerprint density at radius 2 is 2.08 bits per heavy atom. The Kier molecular flexibility index (Phi) is 3.79. The highest BCUT2D eigenvalue weighted by Crippen LogP contribution is 2.46. The van der Waals surface area contributed by atoms with E-state index in [1.807, 2.05) is 0 Å². The van der Waals surface area contributed by atoms with Crippen LogP contribution in [0.3, 0.4) is 0 Å². The number of benzene rings is 1. The summed E-state index contributed by atoms with van der Waals surface area (Å²) < 4.78 is 41.6. The second-order valence-electron chi connectivity index (χ2n) is 6.00. The van der Waals surface area contributed by atoms with Crippen LogP contribution in [0, 0.1) is 11.7 Å². The highest BCUT2D eigenvalue weighted by atomic mass is 35.5. The molecule has 2 atom stereocenters. The van der Waals surface area contributed by atoms with Gasteiger partial charge in [0.2, 0.25) is 6.43 Å². The first kappa shape index (κ1) is 16.1. The first-order valence-corrected chi connectivity index (χ1v) is 8.00. The molecular weight excluding hydrogens is 357 g/mol. The Bertz CT molecular complexity index is 1020. The summed E-state index contributed by atoms with van der Waals surface area (Å²) in [5.41, 5.74) is -0.165.